The number of amides is 1. The van der Waals surface area contributed by atoms with Crippen molar-refractivity contribution >= 4 is 15.9 Å². The highest BCUT2D eigenvalue weighted by Gasteiger charge is 2.32. The lowest BCUT2D eigenvalue weighted by Gasteiger charge is -2.33. The Morgan fingerprint density at radius 2 is 1.88 bits per heavy atom. The first-order valence-corrected chi connectivity index (χ1v) is 13.5. The first-order valence-electron chi connectivity index (χ1n) is 12.1. The summed E-state index contributed by atoms with van der Waals surface area (Å²) in [5.41, 5.74) is 1.16. The average molecular weight is 474 g/mol. The fourth-order valence-electron chi connectivity index (χ4n) is 4.98. The average Bonchev–Trinajstić information content (AvgIpc) is 3.35. The van der Waals surface area contributed by atoms with Crippen LogP contribution < -0.4 is 5.32 Å². The van der Waals surface area contributed by atoms with E-state index in [1.165, 1.54) is 12.5 Å². The van der Waals surface area contributed by atoms with Crippen molar-refractivity contribution in [3.63, 3.8) is 0 Å². The predicted molar refractivity (Wildman–Crippen MR) is 128 cm³/mol. The summed E-state index contributed by atoms with van der Waals surface area (Å²) in [5.74, 6) is 0.578. The van der Waals surface area contributed by atoms with E-state index in [9.17, 15) is 13.2 Å². The third kappa shape index (κ3) is 5.34. The molecule has 2 aromatic rings. The number of carbonyl (C=O) groups excluding carboxylic acids is 1. The van der Waals surface area contributed by atoms with Crippen LogP contribution in [-0.2, 0) is 10.0 Å². The molecule has 33 heavy (non-hydrogen) atoms. The van der Waals surface area contributed by atoms with Gasteiger partial charge in [0, 0.05) is 24.7 Å². The molecular formula is C25H35N3O4S. The van der Waals surface area contributed by atoms with Crippen LogP contribution in [0.3, 0.4) is 0 Å². The summed E-state index contributed by atoms with van der Waals surface area (Å²) in [7, 11) is -3.64. The maximum absolute atomic E-state index is 13.3. The number of rotatable bonds is 7. The molecule has 0 bridgehead atoms. The SMILES string of the molecule is Cc1ccc(S(=O)(=O)N2CCCCC2C)cc1C(=O)NCC(c1ccco1)N1CCCCC1. The van der Waals surface area contributed by atoms with Crippen LogP contribution in [0.15, 0.2) is 45.9 Å². The zero-order valence-electron chi connectivity index (χ0n) is 19.6. The molecular weight excluding hydrogens is 438 g/mol. The van der Waals surface area contributed by atoms with Crippen molar-refractivity contribution in [3.05, 3.63) is 53.5 Å². The highest BCUT2D eigenvalue weighted by molar-refractivity contribution is 7.89. The minimum absolute atomic E-state index is 0.0269. The topological polar surface area (TPSA) is 82.9 Å². The number of nitrogens with zero attached hydrogens (tertiary/aromatic N) is 2. The maximum Gasteiger partial charge on any atom is 0.251 e. The lowest BCUT2D eigenvalue weighted by Crippen LogP contribution is -2.42. The van der Waals surface area contributed by atoms with E-state index >= 15 is 0 Å². The number of sulfonamides is 1. The number of nitrogens with one attached hydrogen (secondary N) is 1. The largest absolute Gasteiger partial charge is 0.468 e. The molecule has 8 heteroatoms. The molecule has 2 fully saturated rings. The molecule has 2 saturated heterocycles. The smallest absolute Gasteiger partial charge is 0.251 e. The van der Waals surface area contributed by atoms with Gasteiger partial charge in [-0.15, -0.1) is 0 Å². The van der Waals surface area contributed by atoms with E-state index < -0.39 is 10.0 Å². The van der Waals surface area contributed by atoms with Crippen LogP contribution in [0.1, 0.15) is 73.2 Å². The third-order valence-corrected chi connectivity index (χ3v) is 8.97. The Hall–Kier alpha value is -2.16. The third-order valence-electron chi connectivity index (χ3n) is 6.96. The summed E-state index contributed by atoms with van der Waals surface area (Å²) in [4.78, 5) is 15.7. The maximum atomic E-state index is 13.3. The molecule has 2 atom stereocenters. The molecule has 180 valence electrons. The van der Waals surface area contributed by atoms with E-state index in [0.717, 1.165) is 56.5 Å². The van der Waals surface area contributed by atoms with E-state index in [0.29, 0.717) is 18.7 Å². The molecule has 1 N–H and O–H groups in total. The van der Waals surface area contributed by atoms with Gasteiger partial charge in [-0.3, -0.25) is 9.69 Å². The fourth-order valence-corrected chi connectivity index (χ4v) is 6.70. The Balaban J connectivity index is 1.52. The molecule has 1 amide bonds. The number of hydrogen-bond donors (Lipinski definition) is 1. The molecule has 4 rings (SSSR count). The minimum Gasteiger partial charge on any atom is -0.468 e. The van der Waals surface area contributed by atoms with Gasteiger partial charge in [-0.05, 0) is 82.4 Å². The number of benzene rings is 1. The van der Waals surface area contributed by atoms with E-state index in [1.807, 2.05) is 26.0 Å². The number of hydrogen-bond acceptors (Lipinski definition) is 5. The Bertz CT molecular complexity index is 1050. The van der Waals surface area contributed by atoms with Crippen molar-refractivity contribution in [2.24, 2.45) is 0 Å². The van der Waals surface area contributed by atoms with E-state index in [2.05, 4.69) is 10.2 Å². The summed E-state index contributed by atoms with van der Waals surface area (Å²) in [6.45, 7) is 6.67. The van der Waals surface area contributed by atoms with Crippen molar-refractivity contribution in [2.75, 3.05) is 26.2 Å². The molecule has 0 saturated carbocycles. The molecule has 2 aliphatic rings. The number of furan rings is 1. The molecule has 2 aliphatic heterocycles. The molecule has 3 heterocycles. The van der Waals surface area contributed by atoms with E-state index in [1.54, 1.807) is 22.7 Å². The molecule has 7 nitrogen and oxygen atoms in total. The van der Waals surface area contributed by atoms with Crippen molar-refractivity contribution < 1.29 is 17.6 Å². The minimum atomic E-state index is -3.64. The van der Waals surface area contributed by atoms with Crippen LogP contribution in [0.5, 0.6) is 0 Å². The Morgan fingerprint density at radius 3 is 2.58 bits per heavy atom. The predicted octanol–water partition coefficient (Wildman–Crippen LogP) is 4.11. The number of likely N-dealkylation sites (tertiary alicyclic amines) is 1. The van der Waals surface area contributed by atoms with Gasteiger partial charge < -0.3 is 9.73 Å². The Morgan fingerprint density at radius 1 is 1.12 bits per heavy atom. The second kappa shape index (κ2) is 10.4. The standard InChI is InChI=1S/C25H35N3O4S/c1-19-11-12-21(33(30,31)28-15-7-4-9-20(28)2)17-22(19)25(29)26-18-23(24-10-8-16-32-24)27-13-5-3-6-14-27/h8,10-12,16-17,20,23H,3-7,9,13-15,18H2,1-2H3,(H,26,29). The first-order chi connectivity index (χ1) is 15.9. The molecule has 2 unspecified atom stereocenters. The highest BCUT2D eigenvalue weighted by atomic mass is 32.2. The second-order valence-electron chi connectivity index (χ2n) is 9.28. The second-order valence-corrected chi connectivity index (χ2v) is 11.2. The summed E-state index contributed by atoms with van der Waals surface area (Å²) in [6, 6.07) is 8.63. The normalized spacial score (nSPS) is 21.6. The van der Waals surface area contributed by atoms with Gasteiger partial charge in [0.2, 0.25) is 10.0 Å². The molecule has 0 aliphatic carbocycles. The van der Waals surface area contributed by atoms with E-state index in [-0.39, 0.29) is 22.9 Å². The summed E-state index contributed by atoms with van der Waals surface area (Å²) in [5, 5.41) is 3.04. The highest BCUT2D eigenvalue weighted by Crippen LogP contribution is 2.27. The van der Waals surface area contributed by atoms with Gasteiger partial charge in [0.15, 0.2) is 0 Å². The van der Waals surface area contributed by atoms with Gasteiger partial charge in [-0.2, -0.15) is 4.31 Å². The van der Waals surface area contributed by atoms with Gasteiger partial charge in [-0.25, -0.2) is 8.42 Å². The molecule has 0 spiro atoms. The van der Waals surface area contributed by atoms with Crippen LogP contribution in [0.4, 0.5) is 0 Å². The summed E-state index contributed by atoms with van der Waals surface area (Å²) < 4.78 is 33.8. The van der Waals surface area contributed by atoms with E-state index in [4.69, 9.17) is 4.42 Å². The number of carbonyl (C=O) groups is 1. The van der Waals surface area contributed by atoms with Crippen LogP contribution in [0.2, 0.25) is 0 Å². The van der Waals surface area contributed by atoms with Gasteiger partial charge in [-0.1, -0.05) is 18.9 Å². The quantitative estimate of drug-likeness (QED) is 0.654. The molecule has 1 aromatic carbocycles. The van der Waals surface area contributed by atoms with Gasteiger partial charge in [0.05, 0.1) is 17.2 Å². The van der Waals surface area contributed by atoms with Crippen LogP contribution >= 0.6 is 0 Å². The fraction of sp³-hybridized carbons (Fsp3) is 0.560. The van der Waals surface area contributed by atoms with Gasteiger partial charge in [0.1, 0.15) is 5.76 Å². The van der Waals surface area contributed by atoms with Crippen molar-refractivity contribution in [1.82, 2.24) is 14.5 Å². The first kappa shape index (κ1) is 24.0. The summed E-state index contributed by atoms with van der Waals surface area (Å²) >= 11 is 0. The lowest BCUT2D eigenvalue weighted by atomic mass is 10.1. The van der Waals surface area contributed by atoms with Gasteiger partial charge in [0.25, 0.3) is 5.91 Å². The zero-order valence-corrected chi connectivity index (χ0v) is 20.4. The monoisotopic (exact) mass is 473 g/mol. The van der Waals surface area contributed by atoms with Crippen LogP contribution in [0, 0.1) is 6.92 Å². The Labute approximate surface area is 197 Å². The van der Waals surface area contributed by atoms with Crippen LogP contribution in [0.25, 0.3) is 0 Å². The Kier molecular flexibility index (Phi) is 7.56. The molecule has 1 aromatic heterocycles. The van der Waals surface area contributed by atoms with Gasteiger partial charge >= 0.3 is 0 Å². The molecule has 0 radical (unpaired) electrons. The zero-order chi connectivity index (χ0) is 23.4. The lowest BCUT2D eigenvalue weighted by molar-refractivity contribution is 0.0913. The van der Waals surface area contributed by atoms with Crippen molar-refractivity contribution in [3.8, 4) is 0 Å². The van der Waals surface area contributed by atoms with Crippen molar-refractivity contribution in [1.29, 1.82) is 0 Å². The number of piperidine rings is 2. The summed E-state index contributed by atoms with van der Waals surface area (Å²) in [6.07, 6.45) is 7.94. The number of aryl methyl sites for hydroxylation is 1. The van der Waals surface area contributed by atoms with Crippen LogP contribution in [-0.4, -0.2) is 55.8 Å². The van der Waals surface area contributed by atoms with Crippen molar-refractivity contribution in [2.45, 2.75) is 69.4 Å².